The lowest BCUT2D eigenvalue weighted by atomic mass is 10.2. The molecule has 0 unspecified atom stereocenters. The van der Waals surface area contributed by atoms with Crippen LogP contribution in [0.2, 0.25) is 10.0 Å². The first-order valence-corrected chi connectivity index (χ1v) is 6.54. The van der Waals surface area contributed by atoms with Gasteiger partial charge in [0, 0.05) is 10.7 Å². The van der Waals surface area contributed by atoms with Crippen molar-refractivity contribution in [2.24, 2.45) is 5.73 Å². The van der Waals surface area contributed by atoms with Crippen LogP contribution in [0.3, 0.4) is 0 Å². The maximum absolute atomic E-state index is 11.0. The second-order valence-electron chi connectivity index (χ2n) is 2.54. The number of rotatable bonds is 2. The number of benzene rings is 1. The molecule has 8 heteroatoms. The third-order valence-electron chi connectivity index (χ3n) is 1.56. The van der Waals surface area contributed by atoms with Crippen LogP contribution < -0.4 is 5.73 Å². The van der Waals surface area contributed by atoms with E-state index in [1.165, 1.54) is 6.07 Å². The molecule has 15 heavy (non-hydrogen) atoms. The SMILES string of the molecule is NC(=O)c1c(Cl)ccc(S(=O)(=O)Cl)c1Cl. The molecular weight excluding hydrogens is 285 g/mol. The number of carbonyl (C=O) groups is 1. The van der Waals surface area contributed by atoms with Gasteiger partial charge in [0.05, 0.1) is 15.6 Å². The Morgan fingerprint density at radius 2 is 1.80 bits per heavy atom. The molecule has 0 heterocycles. The first-order chi connectivity index (χ1) is 6.75. The Bertz CT molecular complexity index is 527. The van der Waals surface area contributed by atoms with Crippen LogP contribution >= 0.6 is 33.9 Å². The highest BCUT2D eigenvalue weighted by atomic mass is 35.7. The fraction of sp³-hybridized carbons (Fsp3) is 0. The van der Waals surface area contributed by atoms with Gasteiger partial charge in [-0.05, 0) is 12.1 Å². The van der Waals surface area contributed by atoms with Crippen LogP contribution in [-0.4, -0.2) is 14.3 Å². The molecular formula is C7H4Cl3NO3S. The van der Waals surface area contributed by atoms with Gasteiger partial charge in [0.1, 0.15) is 4.90 Å². The van der Waals surface area contributed by atoms with Crippen LogP contribution in [0.4, 0.5) is 0 Å². The monoisotopic (exact) mass is 287 g/mol. The Labute approximate surface area is 100 Å². The van der Waals surface area contributed by atoms with Gasteiger partial charge in [-0.25, -0.2) is 8.42 Å². The molecule has 0 radical (unpaired) electrons. The largest absolute Gasteiger partial charge is 0.366 e. The molecule has 0 bridgehead atoms. The standard InChI is InChI=1S/C7H4Cl3NO3S/c8-3-1-2-4(15(10,13)14)6(9)5(3)7(11)12/h1-2H,(H2,11,12). The second kappa shape index (κ2) is 4.17. The molecule has 82 valence electrons. The van der Waals surface area contributed by atoms with E-state index in [2.05, 4.69) is 0 Å². The van der Waals surface area contributed by atoms with Crippen LogP contribution in [0.15, 0.2) is 17.0 Å². The summed E-state index contributed by atoms with van der Waals surface area (Å²) in [6.07, 6.45) is 0. The molecule has 0 aliphatic carbocycles. The summed E-state index contributed by atoms with van der Waals surface area (Å²) in [6.45, 7) is 0. The predicted octanol–water partition coefficient (Wildman–Crippen LogP) is 2.02. The summed E-state index contributed by atoms with van der Waals surface area (Å²) in [4.78, 5) is 10.5. The maximum Gasteiger partial charge on any atom is 0.262 e. The molecule has 1 aromatic rings. The molecule has 0 saturated carbocycles. The molecule has 0 aliphatic heterocycles. The summed E-state index contributed by atoms with van der Waals surface area (Å²) < 4.78 is 22.1. The summed E-state index contributed by atoms with van der Waals surface area (Å²) >= 11 is 11.3. The minimum Gasteiger partial charge on any atom is -0.366 e. The number of halogens is 3. The maximum atomic E-state index is 11.0. The Balaban J connectivity index is 3.64. The highest BCUT2D eigenvalue weighted by Gasteiger charge is 2.21. The number of carbonyl (C=O) groups excluding carboxylic acids is 1. The van der Waals surface area contributed by atoms with E-state index in [0.29, 0.717) is 0 Å². The summed E-state index contributed by atoms with van der Waals surface area (Å²) in [5.41, 5.74) is 4.72. The zero-order chi connectivity index (χ0) is 11.8. The Morgan fingerprint density at radius 3 is 2.20 bits per heavy atom. The van der Waals surface area contributed by atoms with E-state index in [9.17, 15) is 13.2 Å². The van der Waals surface area contributed by atoms with Gasteiger partial charge in [-0.15, -0.1) is 0 Å². The fourth-order valence-corrected chi connectivity index (χ4v) is 2.86. The smallest absolute Gasteiger partial charge is 0.262 e. The lowest BCUT2D eigenvalue weighted by Gasteiger charge is -2.06. The van der Waals surface area contributed by atoms with Gasteiger partial charge in [-0.1, -0.05) is 23.2 Å². The zero-order valence-electron chi connectivity index (χ0n) is 7.00. The number of hydrogen-bond donors (Lipinski definition) is 1. The third kappa shape index (κ3) is 2.55. The Hall–Kier alpha value is -0.490. The van der Waals surface area contributed by atoms with Crippen molar-refractivity contribution < 1.29 is 13.2 Å². The Morgan fingerprint density at radius 1 is 1.27 bits per heavy atom. The molecule has 1 aromatic carbocycles. The van der Waals surface area contributed by atoms with Crippen LogP contribution in [0.1, 0.15) is 10.4 Å². The summed E-state index contributed by atoms with van der Waals surface area (Å²) in [5.74, 6) is -0.924. The number of hydrogen-bond acceptors (Lipinski definition) is 3. The van der Waals surface area contributed by atoms with Crippen molar-refractivity contribution in [3.63, 3.8) is 0 Å². The van der Waals surface area contributed by atoms with Crippen molar-refractivity contribution in [3.8, 4) is 0 Å². The summed E-state index contributed by atoms with van der Waals surface area (Å²) in [7, 11) is 1.05. The van der Waals surface area contributed by atoms with Crippen molar-refractivity contribution >= 4 is 48.8 Å². The fourth-order valence-electron chi connectivity index (χ4n) is 0.948. The van der Waals surface area contributed by atoms with Crippen molar-refractivity contribution in [2.75, 3.05) is 0 Å². The lowest BCUT2D eigenvalue weighted by molar-refractivity contribution is 0.100. The van der Waals surface area contributed by atoms with E-state index >= 15 is 0 Å². The normalized spacial score (nSPS) is 11.4. The number of primary amides is 1. The van der Waals surface area contributed by atoms with E-state index in [-0.39, 0.29) is 15.6 Å². The van der Waals surface area contributed by atoms with E-state index in [1.807, 2.05) is 0 Å². The van der Waals surface area contributed by atoms with Gasteiger partial charge in [-0.2, -0.15) is 0 Å². The Kier molecular flexibility index (Phi) is 3.50. The molecule has 4 nitrogen and oxygen atoms in total. The second-order valence-corrected chi connectivity index (χ2v) is 5.86. The minimum atomic E-state index is -4.03. The van der Waals surface area contributed by atoms with Gasteiger partial charge in [0.15, 0.2) is 0 Å². The van der Waals surface area contributed by atoms with Crippen molar-refractivity contribution in [3.05, 3.63) is 27.7 Å². The highest BCUT2D eigenvalue weighted by Crippen LogP contribution is 2.32. The van der Waals surface area contributed by atoms with E-state index in [1.54, 1.807) is 0 Å². The molecule has 1 rings (SSSR count). The van der Waals surface area contributed by atoms with Crippen molar-refractivity contribution in [2.45, 2.75) is 4.90 Å². The van der Waals surface area contributed by atoms with Crippen LogP contribution in [0.5, 0.6) is 0 Å². The van der Waals surface area contributed by atoms with Gasteiger partial charge >= 0.3 is 0 Å². The molecule has 0 aromatic heterocycles. The van der Waals surface area contributed by atoms with Gasteiger partial charge in [0.2, 0.25) is 0 Å². The zero-order valence-corrected chi connectivity index (χ0v) is 10.1. The van der Waals surface area contributed by atoms with Gasteiger partial charge in [0.25, 0.3) is 15.0 Å². The summed E-state index contributed by atoms with van der Waals surface area (Å²) in [6, 6.07) is 2.28. The number of nitrogens with two attached hydrogens (primary N) is 1. The molecule has 2 N–H and O–H groups in total. The van der Waals surface area contributed by atoms with Crippen LogP contribution in [0.25, 0.3) is 0 Å². The first kappa shape index (κ1) is 12.6. The molecule has 1 amide bonds. The molecule has 0 atom stereocenters. The predicted molar refractivity (Wildman–Crippen MR) is 58.0 cm³/mol. The quantitative estimate of drug-likeness (QED) is 0.846. The average molecular weight is 289 g/mol. The van der Waals surface area contributed by atoms with Crippen molar-refractivity contribution in [1.82, 2.24) is 0 Å². The molecule has 0 aliphatic rings. The molecule has 0 fully saturated rings. The molecule has 0 saturated heterocycles. The highest BCUT2D eigenvalue weighted by molar-refractivity contribution is 8.13. The van der Waals surface area contributed by atoms with E-state index in [4.69, 9.17) is 39.6 Å². The van der Waals surface area contributed by atoms with Crippen LogP contribution in [0, 0.1) is 0 Å². The van der Waals surface area contributed by atoms with E-state index < -0.39 is 19.9 Å². The van der Waals surface area contributed by atoms with Crippen LogP contribution in [-0.2, 0) is 9.05 Å². The average Bonchev–Trinajstić information content (AvgIpc) is 2.00. The van der Waals surface area contributed by atoms with E-state index in [0.717, 1.165) is 6.07 Å². The molecule has 0 spiro atoms. The minimum absolute atomic E-state index is 0.0310. The lowest BCUT2D eigenvalue weighted by Crippen LogP contribution is -2.13. The van der Waals surface area contributed by atoms with Gasteiger partial charge in [-0.3, -0.25) is 4.79 Å². The van der Waals surface area contributed by atoms with Gasteiger partial charge < -0.3 is 5.73 Å². The topological polar surface area (TPSA) is 77.2 Å². The first-order valence-electron chi connectivity index (χ1n) is 3.47. The number of amides is 1. The third-order valence-corrected chi connectivity index (χ3v) is 3.75. The van der Waals surface area contributed by atoms with Crippen molar-refractivity contribution in [1.29, 1.82) is 0 Å². The summed E-state index contributed by atoms with van der Waals surface area (Å²) in [5, 5.41) is -0.401.